The van der Waals surface area contributed by atoms with Crippen LogP contribution >= 0.6 is 0 Å². The molecule has 124 valence electrons. The molecule has 2 N–H and O–H groups in total. The van der Waals surface area contributed by atoms with Gasteiger partial charge in [-0.1, -0.05) is 0 Å². The zero-order valence-electron chi connectivity index (χ0n) is 12.6. The summed E-state index contributed by atoms with van der Waals surface area (Å²) >= 11 is 0. The molecule has 1 fully saturated rings. The maximum absolute atomic E-state index is 12.4. The molecule has 0 aliphatic carbocycles. The highest BCUT2D eigenvalue weighted by atomic mass is 16.5. The second-order valence-electron chi connectivity index (χ2n) is 5.61. The summed E-state index contributed by atoms with van der Waals surface area (Å²) in [6, 6.07) is 4.98. The first-order valence-electron chi connectivity index (χ1n) is 7.61. The Bertz CT molecular complexity index is 602. The van der Waals surface area contributed by atoms with Gasteiger partial charge in [0.2, 0.25) is 0 Å². The molecule has 2 unspecified atom stereocenters. The minimum absolute atomic E-state index is 0.223. The van der Waals surface area contributed by atoms with Crippen LogP contribution in [0.15, 0.2) is 18.2 Å². The standard InChI is InChI=1S/C16H19NO6/c18-15(19)9-23-14-4-5-21-8-12(14)17-16(20)11-1-2-13-10(7-11)3-6-22-13/h1-2,7,12,14H,3-6,8-9H2,(H,17,20)(H,18,19). The number of carboxylic acid groups (broad SMARTS) is 1. The first-order valence-corrected chi connectivity index (χ1v) is 7.61. The van der Waals surface area contributed by atoms with Crippen molar-refractivity contribution in [2.45, 2.75) is 25.0 Å². The van der Waals surface area contributed by atoms with Gasteiger partial charge in [0.1, 0.15) is 12.4 Å². The van der Waals surface area contributed by atoms with Crippen LogP contribution in [-0.2, 0) is 20.7 Å². The van der Waals surface area contributed by atoms with Crippen LogP contribution in [0.4, 0.5) is 0 Å². The predicted molar refractivity (Wildman–Crippen MR) is 79.7 cm³/mol. The first-order chi connectivity index (χ1) is 11.1. The molecule has 0 bridgehead atoms. The molecule has 1 aromatic rings. The van der Waals surface area contributed by atoms with Gasteiger partial charge < -0.3 is 24.6 Å². The van der Waals surface area contributed by atoms with E-state index < -0.39 is 5.97 Å². The fourth-order valence-corrected chi connectivity index (χ4v) is 2.81. The van der Waals surface area contributed by atoms with Crippen LogP contribution in [0, 0.1) is 0 Å². The van der Waals surface area contributed by atoms with Crippen molar-refractivity contribution in [2.24, 2.45) is 0 Å². The number of benzene rings is 1. The molecule has 0 aromatic heterocycles. The van der Waals surface area contributed by atoms with Crippen LogP contribution in [-0.4, -0.2) is 55.6 Å². The van der Waals surface area contributed by atoms with E-state index in [0.717, 1.165) is 17.7 Å². The zero-order chi connectivity index (χ0) is 16.2. The van der Waals surface area contributed by atoms with Gasteiger partial charge in [-0.3, -0.25) is 4.79 Å². The van der Waals surface area contributed by atoms with Crippen LogP contribution in [0.25, 0.3) is 0 Å². The number of nitrogens with one attached hydrogen (secondary N) is 1. The summed E-state index contributed by atoms with van der Waals surface area (Å²) in [5.74, 6) is -0.426. The van der Waals surface area contributed by atoms with Gasteiger partial charge in [0.05, 0.1) is 25.4 Å². The second-order valence-corrected chi connectivity index (χ2v) is 5.61. The number of hydrogen-bond donors (Lipinski definition) is 2. The molecule has 3 rings (SSSR count). The molecule has 0 spiro atoms. The number of amides is 1. The predicted octanol–water partition coefficient (Wildman–Crippen LogP) is 0.610. The minimum Gasteiger partial charge on any atom is -0.493 e. The molecule has 7 nitrogen and oxygen atoms in total. The summed E-state index contributed by atoms with van der Waals surface area (Å²) in [6.07, 6.45) is 0.991. The third kappa shape index (κ3) is 3.80. The van der Waals surface area contributed by atoms with E-state index in [1.54, 1.807) is 12.1 Å². The van der Waals surface area contributed by atoms with Crippen LogP contribution in [0.3, 0.4) is 0 Å². The van der Waals surface area contributed by atoms with Gasteiger partial charge in [-0.25, -0.2) is 4.79 Å². The number of ether oxygens (including phenoxy) is 3. The molecule has 1 saturated heterocycles. The van der Waals surface area contributed by atoms with Crippen molar-refractivity contribution in [1.29, 1.82) is 0 Å². The Balaban J connectivity index is 1.64. The number of aliphatic carboxylic acids is 1. The monoisotopic (exact) mass is 321 g/mol. The molecule has 2 aliphatic heterocycles. The van der Waals surface area contributed by atoms with Gasteiger partial charge >= 0.3 is 5.97 Å². The summed E-state index contributed by atoms with van der Waals surface area (Å²) in [5, 5.41) is 11.6. The van der Waals surface area contributed by atoms with E-state index >= 15 is 0 Å². The van der Waals surface area contributed by atoms with E-state index in [9.17, 15) is 9.59 Å². The van der Waals surface area contributed by atoms with Crippen LogP contribution in [0.2, 0.25) is 0 Å². The lowest BCUT2D eigenvalue weighted by Gasteiger charge is -2.31. The Morgan fingerprint density at radius 2 is 2.22 bits per heavy atom. The SMILES string of the molecule is O=C(O)COC1CCOCC1NC(=O)c1ccc2c(c1)CCO2. The topological polar surface area (TPSA) is 94.1 Å². The van der Waals surface area contributed by atoms with E-state index in [1.807, 2.05) is 6.07 Å². The number of carboxylic acids is 1. The number of fused-ring (bicyclic) bond motifs is 1. The number of rotatable bonds is 5. The summed E-state index contributed by atoms with van der Waals surface area (Å²) < 4.78 is 16.1. The molecule has 2 heterocycles. The van der Waals surface area contributed by atoms with Crippen molar-refractivity contribution >= 4 is 11.9 Å². The van der Waals surface area contributed by atoms with Gasteiger partial charge in [-0.05, 0) is 30.2 Å². The molecule has 1 aromatic carbocycles. The number of hydrogen-bond acceptors (Lipinski definition) is 5. The quantitative estimate of drug-likeness (QED) is 0.825. The lowest BCUT2D eigenvalue weighted by atomic mass is 10.0. The third-order valence-electron chi connectivity index (χ3n) is 3.98. The van der Waals surface area contributed by atoms with Gasteiger partial charge in [0.25, 0.3) is 5.91 Å². The van der Waals surface area contributed by atoms with Gasteiger partial charge in [0.15, 0.2) is 0 Å². The summed E-state index contributed by atoms with van der Waals surface area (Å²) in [4.78, 5) is 23.1. The van der Waals surface area contributed by atoms with E-state index in [2.05, 4.69) is 5.32 Å². The van der Waals surface area contributed by atoms with E-state index in [0.29, 0.717) is 31.8 Å². The molecule has 0 saturated carbocycles. The molecular formula is C16H19NO6. The fraction of sp³-hybridized carbons (Fsp3) is 0.500. The average Bonchev–Trinajstić information content (AvgIpc) is 3.01. The highest BCUT2D eigenvalue weighted by Gasteiger charge is 2.29. The number of carbonyl (C=O) groups is 2. The van der Waals surface area contributed by atoms with Crippen molar-refractivity contribution in [3.8, 4) is 5.75 Å². The lowest BCUT2D eigenvalue weighted by Crippen LogP contribution is -2.51. The summed E-state index contributed by atoms with van der Waals surface area (Å²) in [6.45, 7) is 1.06. The largest absolute Gasteiger partial charge is 0.493 e. The first kappa shape index (κ1) is 15.8. The third-order valence-corrected chi connectivity index (χ3v) is 3.98. The Morgan fingerprint density at radius 3 is 3.04 bits per heavy atom. The molecule has 0 radical (unpaired) electrons. The molecule has 23 heavy (non-hydrogen) atoms. The molecule has 7 heteroatoms. The van der Waals surface area contributed by atoms with Gasteiger partial charge in [-0.2, -0.15) is 0 Å². The molecule has 2 atom stereocenters. The zero-order valence-corrected chi connectivity index (χ0v) is 12.6. The maximum atomic E-state index is 12.4. The molecular weight excluding hydrogens is 302 g/mol. The van der Waals surface area contributed by atoms with E-state index in [1.165, 1.54) is 0 Å². The Kier molecular flexibility index (Phi) is 4.78. The highest BCUT2D eigenvalue weighted by Crippen LogP contribution is 2.26. The minimum atomic E-state index is -1.03. The Hall–Kier alpha value is -2.12. The second kappa shape index (κ2) is 6.97. The molecule has 1 amide bonds. The van der Waals surface area contributed by atoms with Crippen molar-refractivity contribution in [3.05, 3.63) is 29.3 Å². The smallest absolute Gasteiger partial charge is 0.329 e. The van der Waals surface area contributed by atoms with Crippen LogP contribution in [0.1, 0.15) is 22.3 Å². The van der Waals surface area contributed by atoms with E-state index in [-0.39, 0.29) is 24.7 Å². The normalized spacial score (nSPS) is 23.0. The van der Waals surface area contributed by atoms with Crippen molar-refractivity contribution in [1.82, 2.24) is 5.32 Å². The van der Waals surface area contributed by atoms with Gasteiger partial charge in [-0.15, -0.1) is 0 Å². The average molecular weight is 321 g/mol. The van der Waals surface area contributed by atoms with Gasteiger partial charge in [0, 0.05) is 18.6 Å². The Morgan fingerprint density at radius 1 is 1.35 bits per heavy atom. The highest BCUT2D eigenvalue weighted by molar-refractivity contribution is 5.94. The van der Waals surface area contributed by atoms with Crippen LogP contribution < -0.4 is 10.1 Å². The van der Waals surface area contributed by atoms with Crippen molar-refractivity contribution < 1.29 is 28.9 Å². The summed E-state index contributed by atoms with van der Waals surface area (Å²) in [5.41, 5.74) is 1.58. The van der Waals surface area contributed by atoms with Crippen molar-refractivity contribution in [2.75, 3.05) is 26.4 Å². The Labute approximate surface area is 133 Å². The molecule has 2 aliphatic rings. The fourth-order valence-electron chi connectivity index (χ4n) is 2.81. The van der Waals surface area contributed by atoms with Crippen LogP contribution in [0.5, 0.6) is 5.75 Å². The maximum Gasteiger partial charge on any atom is 0.329 e. The number of carbonyl (C=O) groups excluding carboxylic acids is 1. The lowest BCUT2D eigenvalue weighted by molar-refractivity contribution is -0.147. The van der Waals surface area contributed by atoms with Crippen molar-refractivity contribution in [3.63, 3.8) is 0 Å². The van der Waals surface area contributed by atoms with E-state index in [4.69, 9.17) is 19.3 Å². The summed E-state index contributed by atoms with van der Waals surface area (Å²) in [7, 11) is 0.